The van der Waals surface area contributed by atoms with E-state index in [4.69, 9.17) is 4.74 Å². The van der Waals surface area contributed by atoms with Crippen molar-refractivity contribution in [3.05, 3.63) is 0 Å². The van der Waals surface area contributed by atoms with E-state index in [9.17, 15) is 4.79 Å². The molecule has 0 aromatic rings. The van der Waals surface area contributed by atoms with E-state index in [1.54, 1.807) is 0 Å². The Labute approximate surface area is 94.7 Å². The fourth-order valence-electron chi connectivity index (χ4n) is 1.95. The Morgan fingerprint density at radius 1 is 1.60 bits per heavy atom. The van der Waals surface area contributed by atoms with Crippen molar-refractivity contribution in [2.45, 2.75) is 18.3 Å². The van der Waals surface area contributed by atoms with Crippen LogP contribution in [0.5, 0.6) is 0 Å². The van der Waals surface area contributed by atoms with Crippen molar-refractivity contribution in [1.82, 2.24) is 10.2 Å². The van der Waals surface area contributed by atoms with Gasteiger partial charge in [-0.3, -0.25) is 4.79 Å². The summed E-state index contributed by atoms with van der Waals surface area (Å²) in [7, 11) is 0. The molecule has 4 nitrogen and oxygen atoms in total. The van der Waals surface area contributed by atoms with Crippen molar-refractivity contribution in [3.8, 4) is 0 Å². The number of nitrogens with one attached hydrogen (secondary N) is 1. The molecule has 2 rings (SSSR count). The monoisotopic (exact) mass is 230 g/mol. The third kappa shape index (κ3) is 2.86. The van der Waals surface area contributed by atoms with E-state index < -0.39 is 0 Å². The van der Waals surface area contributed by atoms with Crippen LogP contribution in [0, 0.1) is 0 Å². The number of rotatable bonds is 1. The summed E-state index contributed by atoms with van der Waals surface area (Å²) in [6, 6.07) is 0. The quantitative estimate of drug-likeness (QED) is 0.685. The lowest BCUT2D eigenvalue weighted by Crippen LogP contribution is -2.52. The van der Waals surface area contributed by atoms with Crippen molar-refractivity contribution in [2.24, 2.45) is 0 Å². The van der Waals surface area contributed by atoms with Crippen LogP contribution >= 0.6 is 11.8 Å². The average molecular weight is 230 g/mol. The van der Waals surface area contributed by atoms with Gasteiger partial charge in [0.25, 0.3) is 5.91 Å². The Kier molecular flexibility index (Phi) is 3.88. The molecule has 2 saturated heterocycles. The van der Waals surface area contributed by atoms with Crippen molar-refractivity contribution >= 4 is 17.7 Å². The Balaban J connectivity index is 1.88. The number of ether oxygens (including phenoxy) is 1. The van der Waals surface area contributed by atoms with Crippen LogP contribution in [0.4, 0.5) is 0 Å². The van der Waals surface area contributed by atoms with Gasteiger partial charge < -0.3 is 15.0 Å². The summed E-state index contributed by atoms with van der Waals surface area (Å²) < 4.78 is 5.47. The van der Waals surface area contributed by atoms with Crippen LogP contribution in [0.2, 0.25) is 0 Å². The Morgan fingerprint density at radius 3 is 3.13 bits per heavy atom. The average Bonchev–Trinajstić information content (AvgIpc) is 2.29. The number of amides is 1. The van der Waals surface area contributed by atoms with E-state index >= 15 is 0 Å². The van der Waals surface area contributed by atoms with Gasteiger partial charge in [0, 0.05) is 37.2 Å². The molecule has 86 valence electrons. The van der Waals surface area contributed by atoms with Crippen LogP contribution in [0.3, 0.4) is 0 Å². The second-order valence-corrected chi connectivity index (χ2v) is 5.58. The molecule has 0 bridgehead atoms. The fourth-order valence-corrected chi connectivity index (χ4v) is 2.96. The summed E-state index contributed by atoms with van der Waals surface area (Å²) >= 11 is 1.94. The molecule has 1 N–H and O–H groups in total. The normalized spacial score (nSPS) is 32.7. The zero-order valence-electron chi connectivity index (χ0n) is 9.07. The van der Waals surface area contributed by atoms with Crippen LogP contribution < -0.4 is 5.32 Å². The lowest BCUT2D eigenvalue weighted by atomic mass is 10.2. The van der Waals surface area contributed by atoms with Gasteiger partial charge in [-0.2, -0.15) is 11.8 Å². The number of thioether (sulfide) groups is 1. The van der Waals surface area contributed by atoms with Gasteiger partial charge in [0.2, 0.25) is 0 Å². The molecule has 1 amide bonds. The van der Waals surface area contributed by atoms with Gasteiger partial charge in [-0.1, -0.05) is 6.92 Å². The third-order valence-corrected chi connectivity index (χ3v) is 3.89. The molecule has 2 aliphatic heterocycles. The van der Waals surface area contributed by atoms with Gasteiger partial charge in [-0.15, -0.1) is 0 Å². The maximum Gasteiger partial charge on any atom is 0.253 e. The lowest BCUT2D eigenvalue weighted by Gasteiger charge is -2.34. The minimum absolute atomic E-state index is 0.161. The van der Waals surface area contributed by atoms with Crippen LogP contribution in [-0.2, 0) is 9.53 Å². The van der Waals surface area contributed by atoms with E-state index in [-0.39, 0.29) is 12.0 Å². The van der Waals surface area contributed by atoms with E-state index in [2.05, 4.69) is 12.2 Å². The summed E-state index contributed by atoms with van der Waals surface area (Å²) in [6.07, 6.45) is -0.256. The molecule has 2 atom stereocenters. The van der Waals surface area contributed by atoms with E-state index in [0.717, 1.165) is 25.4 Å². The van der Waals surface area contributed by atoms with Gasteiger partial charge in [-0.05, 0) is 0 Å². The topological polar surface area (TPSA) is 41.6 Å². The summed E-state index contributed by atoms with van der Waals surface area (Å²) in [5.41, 5.74) is 0. The Bertz CT molecular complexity index is 231. The number of hydrogen-bond acceptors (Lipinski definition) is 4. The van der Waals surface area contributed by atoms with Crippen LogP contribution in [0.25, 0.3) is 0 Å². The van der Waals surface area contributed by atoms with E-state index in [0.29, 0.717) is 18.4 Å². The van der Waals surface area contributed by atoms with Gasteiger partial charge in [0.15, 0.2) is 0 Å². The van der Waals surface area contributed by atoms with Crippen molar-refractivity contribution < 1.29 is 9.53 Å². The van der Waals surface area contributed by atoms with Crippen molar-refractivity contribution in [1.29, 1.82) is 0 Å². The van der Waals surface area contributed by atoms with Crippen molar-refractivity contribution in [3.63, 3.8) is 0 Å². The smallest absolute Gasteiger partial charge is 0.253 e. The number of carbonyl (C=O) groups excluding carboxylic acids is 1. The highest BCUT2D eigenvalue weighted by Gasteiger charge is 2.29. The summed E-state index contributed by atoms with van der Waals surface area (Å²) in [5.74, 6) is 1.21. The number of hydrogen-bond donors (Lipinski definition) is 1. The second-order valence-electron chi connectivity index (χ2n) is 4.03. The molecule has 0 aliphatic carbocycles. The lowest BCUT2D eigenvalue weighted by molar-refractivity contribution is -0.145. The van der Waals surface area contributed by atoms with Gasteiger partial charge in [0.1, 0.15) is 6.10 Å². The maximum atomic E-state index is 12.1. The van der Waals surface area contributed by atoms with Crippen LogP contribution in [-0.4, -0.2) is 60.7 Å². The zero-order chi connectivity index (χ0) is 10.7. The molecule has 2 fully saturated rings. The Hall–Kier alpha value is -0.260. The molecular weight excluding hydrogens is 212 g/mol. The molecule has 5 heteroatoms. The highest BCUT2D eigenvalue weighted by molar-refractivity contribution is 7.99. The first kappa shape index (κ1) is 11.2. The Morgan fingerprint density at radius 2 is 2.47 bits per heavy atom. The third-order valence-electron chi connectivity index (χ3n) is 2.76. The number of morpholine rings is 1. The molecule has 2 heterocycles. The number of nitrogens with zero attached hydrogens (tertiary/aromatic N) is 1. The first-order chi connectivity index (χ1) is 7.27. The molecule has 0 spiro atoms. The number of carbonyl (C=O) groups is 1. The van der Waals surface area contributed by atoms with Crippen LogP contribution in [0.15, 0.2) is 0 Å². The molecule has 0 radical (unpaired) electrons. The molecule has 0 aromatic carbocycles. The maximum absolute atomic E-state index is 12.1. The highest BCUT2D eigenvalue weighted by Crippen LogP contribution is 2.18. The van der Waals surface area contributed by atoms with Gasteiger partial charge in [-0.25, -0.2) is 0 Å². The SMILES string of the molecule is CC1CN(C(=O)C2CNCCO2)CCS1. The second kappa shape index (κ2) is 5.18. The highest BCUT2D eigenvalue weighted by atomic mass is 32.2. The van der Waals surface area contributed by atoms with Gasteiger partial charge in [0.05, 0.1) is 6.61 Å². The standard InChI is InChI=1S/C10H18N2O2S/c1-8-7-12(3-5-15-8)10(13)9-6-11-2-4-14-9/h8-9,11H,2-7H2,1H3. The first-order valence-corrected chi connectivity index (χ1v) is 6.55. The minimum atomic E-state index is -0.256. The summed E-state index contributed by atoms with van der Waals surface area (Å²) in [4.78, 5) is 14.0. The first-order valence-electron chi connectivity index (χ1n) is 5.50. The van der Waals surface area contributed by atoms with Crippen molar-refractivity contribution in [2.75, 3.05) is 38.5 Å². The zero-order valence-corrected chi connectivity index (χ0v) is 9.89. The predicted octanol–water partition coefficient (Wildman–Crippen LogP) is -0.0613. The predicted molar refractivity (Wildman–Crippen MR) is 61.1 cm³/mol. The molecule has 0 saturated carbocycles. The van der Waals surface area contributed by atoms with Crippen LogP contribution in [0.1, 0.15) is 6.92 Å². The molecule has 2 unspecified atom stereocenters. The summed E-state index contributed by atoms with van der Waals surface area (Å²) in [6.45, 7) is 6.07. The molecular formula is C10H18N2O2S. The largest absolute Gasteiger partial charge is 0.366 e. The fraction of sp³-hybridized carbons (Fsp3) is 0.900. The molecule has 2 aliphatic rings. The van der Waals surface area contributed by atoms with E-state index in [1.165, 1.54) is 0 Å². The van der Waals surface area contributed by atoms with E-state index in [1.807, 2.05) is 16.7 Å². The summed E-state index contributed by atoms with van der Waals surface area (Å²) in [5, 5.41) is 3.74. The molecule has 0 aromatic heterocycles. The minimum Gasteiger partial charge on any atom is -0.366 e. The molecule has 15 heavy (non-hydrogen) atoms. The van der Waals surface area contributed by atoms with Gasteiger partial charge >= 0.3 is 0 Å².